The summed E-state index contributed by atoms with van der Waals surface area (Å²) in [5.41, 5.74) is 6.94. The predicted octanol–water partition coefficient (Wildman–Crippen LogP) is 3.18. The molecular formula is C23H32N7O5P. The van der Waals surface area contributed by atoms with Gasteiger partial charge in [-0.15, -0.1) is 6.58 Å². The molecular weight excluding hydrogens is 485 g/mol. The minimum absolute atomic E-state index is 0.101. The zero-order valence-corrected chi connectivity index (χ0v) is 21.5. The number of aromatic nitrogens is 4. The van der Waals surface area contributed by atoms with Gasteiger partial charge in [0.05, 0.1) is 19.0 Å². The third-order valence-corrected chi connectivity index (χ3v) is 6.53. The molecule has 36 heavy (non-hydrogen) atoms. The smallest absolute Gasteiger partial charge is 0.342 e. The molecule has 0 bridgehead atoms. The van der Waals surface area contributed by atoms with E-state index in [0.717, 1.165) is 0 Å². The molecule has 1 aromatic carbocycles. The Balaban J connectivity index is 1.67. The van der Waals surface area contributed by atoms with Crippen LogP contribution in [-0.4, -0.2) is 57.1 Å². The number of ether oxygens (including phenoxy) is 2. The standard InChI is InChI=1S/C23H32N7O5P/c1-5-11-25-20-19-21(28-23(24)27-20)30(14-26-19)12-13-33-15-36(32,35-18-9-7-6-8-10-18)29-17(4)22(31)34-16(2)3/h5-10,14,16-17H,1,11-13,15H2,2-4H3,(H,29,32)(H3,24,25,27,28)/t17-,36?/m0/s1. The number of anilines is 2. The van der Waals surface area contributed by atoms with Crippen molar-refractivity contribution in [1.82, 2.24) is 24.6 Å². The number of nitrogens with one attached hydrogen (secondary N) is 2. The molecule has 12 nitrogen and oxygen atoms in total. The van der Waals surface area contributed by atoms with Crippen molar-refractivity contribution in [2.45, 2.75) is 39.5 Å². The van der Waals surface area contributed by atoms with Crippen LogP contribution in [0.25, 0.3) is 11.2 Å². The van der Waals surface area contributed by atoms with Crippen LogP contribution < -0.4 is 20.7 Å². The van der Waals surface area contributed by atoms with Gasteiger partial charge in [-0.3, -0.25) is 9.36 Å². The Morgan fingerprint density at radius 3 is 2.69 bits per heavy atom. The summed E-state index contributed by atoms with van der Waals surface area (Å²) >= 11 is 0. The molecule has 2 aromatic heterocycles. The van der Waals surface area contributed by atoms with Crippen molar-refractivity contribution in [3.63, 3.8) is 0 Å². The van der Waals surface area contributed by atoms with Crippen LogP contribution in [0.15, 0.2) is 49.3 Å². The Labute approximate surface area is 209 Å². The average molecular weight is 518 g/mol. The van der Waals surface area contributed by atoms with E-state index < -0.39 is 19.5 Å². The molecule has 0 amide bonds. The van der Waals surface area contributed by atoms with E-state index in [1.54, 1.807) is 62.0 Å². The minimum Gasteiger partial charge on any atom is -0.462 e. The van der Waals surface area contributed by atoms with E-state index in [0.29, 0.717) is 35.8 Å². The number of nitrogens with two attached hydrogens (primary N) is 1. The number of rotatable bonds is 14. The molecule has 0 aliphatic rings. The maximum Gasteiger partial charge on any atom is 0.342 e. The molecule has 3 rings (SSSR count). The van der Waals surface area contributed by atoms with Crippen molar-refractivity contribution in [1.29, 1.82) is 0 Å². The van der Waals surface area contributed by atoms with Crippen molar-refractivity contribution in [2.75, 3.05) is 30.6 Å². The summed E-state index contributed by atoms with van der Waals surface area (Å²) in [6.45, 7) is 9.73. The number of hydrogen-bond acceptors (Lipinski definition) is 10. The van der Waals surface area contributed by atoms with Crippen LogP contribution in [0.4, 0.5) is 11.8 Å². The average Bonchev–Trinajstić information content (AvgIpc) is 3.23. The van der Waals surface area contributed by atoms with E-state index in [9.17, 15) is 9.36 Å². The van der Waals surface area contributed by atoms with E-state index in [1.165, 1.54) is 0 Å². The van der Waals surface area contributed by atoms with E-state index in [2.05, 4.69) is 31.9 Å². The number of para-hydroxylation sites is 1. The lowest BCUT2D eigenvalue weighted by Gasteiger charge is -2.24. The van der Waals surface area contributed by atoms with Gasteiger partial charge in [-0.05, 0) is 32.9 Å². The van der Waals surface area contributed by atoms with E-state index >= 15 is 0 Å². The summed E-state index contributed by atoms with van der Waals surface area (Å²) < 4.78 is 32.0. The summed E-state index contributed by atoms with van der Waals surface area (Å²) in [5.74, 6) is 0.451. The van der Waals surface area contributed by atoms with Gasteiger partial charge in [0.1, 0.15) is 18.1 Å². The van der Waals surface area contributed by atoms with Crippen molar-refractivity contribution >= 4 is 36.4 Å². The van der Waals surface area contributed by atoms with Gasteiger partial charge in [0.2, 0.25) is 5.95 Å². The third kappa shape index (κ3) is 7.51. The second-order valence-electron chi connectivity index (χ2n) is 8.16. The molecule has 0 fully saturated rings. The summed E-state index contributed by atoms with van der Waals surface area (Å²) in [5, 5.41) is 5.85. The van der Waals surface area contributed by atoms with Crippen LogP contribution in [0.5, 0.6) is 5.75 Å². The molecule has 194 valence electrons. The minimum atomic E-state index is -3.64. The highest BCUT2D eigenvalue weighted by Gasteiger charge is 2.31. The second-order valence-corrected chi connectivity index (χ2v) is 10.2. The largest absolute Gasteiger partial charge is 0.462 e. The first-order valence-electron chi connectivity index (χ1n) is 11.4. The first kappa shape index (κ1) is 27.1. The lowest BCUT2D eigenvalue weighted by atomic mass is 10.3. The molecule has 0 saturated carbocycles. The van der Waals surface area contributed by atoms with Gasteiger partial charge in [0.25, 0.3) is 0 Å². The fraction of sp³-hybridized carbons (Fsp3) is 0.391. The second kappa shape index (κ2) is 12.5. The number of esters is 1. The zero-order valence-electron chi connectivity index (χ0n) is 20.6. The van der Waals surface area contributed by atoms with Crippen LogP contribution in [0.3, 0.4) is 0 Å². The number of benzene rings is 1. The molecule has 2 atom stereocenters. The van der Waals surface area contributed by atoms with Gasteiger partial charge < -0.3 is 29.6 Å². The van der Waals surface area contributed by atoms with E-state index in [-0.39, 0.29) is 25.0 Å². The van der Waals surface area contributed by atoms with Crippen LogP contribution in [0.1, 0.15) is 20.8 Å². The van der Waals surface area contributed by atoms with Gasteiger partial charge in [-0.1, -0.05) is 24.3 Å². The molecule has 0 aliphatic heterocycles. The van der Waals surface area contributed by atoms with Crippen LogP contribution in [-0.2, 0) is 25.4 Å². The highest BCUT2D eigenvalue weighted by molar-refractivity contribution is 7.57. The van der Waals surface area contributed by atoms with Gasteiger partial charge in [-0.2, -0.15) is 9.97 Å². The summed E-state index contributed by atoms with van der Waals surface area (Å²) in [7, 11) is -3.64. The Morgan fingerprint density at radius 1 is 1.25 bits per heavy atom. The molecule has 0 radical (unpaired) electrons. The monoisotopic (exact) mass is 517 g/mol. The molecule has 3 aromatic rings. The number of imidazole rings is 1. The van der Waals surface area contributed by atoms with Gasteiger partial charge >= 0.3 is 13.5 Å². The van der Waals surface area contributed by atoms with Crippen molar-refractivity contribution in [2.24, 2.45) is 0 Å². The van der Waals surface area contributed by atoms with Crippen LogP contribution >= 0.6 is 7.52 Å². The van der Waals surface area contributed by atoms with Crippen molar-refractivity contribution < 1.29 is 23.4 Å². The van der Waals surface area contributed by atoms with Gasteiger partial charge in [-0.25, -0.2) is 10.1 Å². The Hall–Kier alpha value is -3.47. The fourth-order valence-electron chi connectivity index (χ4n) is 3.19. The summed E-state index contributed by atoms with van der Waals surface area (Å²) in [4.78, 5) is 25.1. The lowest BCUT2D eigenvalue weighted by Crippen LogP contribution is -2.36. The maximum atomic E-state index is 13.6. The number of carbonyl (C=O) groups is 1. The van der Waals surface area contributed by atoms with E-state index in [1.807, 2.05) is 6.07 Å². The SMILES string of the molecule is C=CCNc1nc(N)nc2c1ncn2CCOCP(=O)(N[C@@H](C)C(=O)OC(C)C)Oc1ccccc1. The van der Waals surface area contributed by atoms with Crippen molar-refractivity contribution in [3.05, 3.63) is 49.3 Å². The molecule has 1 unspecified atom stereocenters. The van der Waals surface area contributed by atoms with Crippen LogP contribution in [0.2, 0.25) is 0 Å². The van der Waals surface area contributed by atoms with Crippen LogP contribution in [0, 0.1) is 0 Å². The first-order chi connectivity index (χ1) is 17.2. The van der Waals surface area contributed by atoms with E-state index in [4.69, 9.17) is 19.7 Å². The Bertz CT molecular complexity index is 1220. The molecule has 0 spiro atoms. The maximum absolute atomic E-state index is 13.6. The normalized spacial score (nSPS) is 13.8. The number of nitrogen functional groups attached to an aromatic ring is 1. The summed E-state index contributed by atoms with van der Waals surface area (Å²) in [6.07, 6.45) is 2.71. The van der Waals surface area contributed by atoms with Gasteiger partial charge in [0.15, 0.2) is 17.0 Å². The predicted molar refractivity (Wildman–Crippen MR) is 138 cm³/mol. The molecule has 4 N–H and O–H groups in total. The molecule has 0 saturated heterocycles. The molecule has 0 aliphatic carbocycles. The fourth-order valence-corrected chi connectivity index (χ4v) is 4.90. The number of nitrogens with zero attached hydrogens (tertiary/aromatic N) is 4. The molecule has 2 heterocycles. The number of carbonyl (C=O) groups excluding carboxylic acids is 1. The first-order valence-corrected chi connectivity index (χ1v) is 13.2. The lowest BCUT2D eigenvalue weighted by molar-refractivity contribution is -0.149. The molecule has 13 heteroatoms. The van der Waals surface area contributed by atoms with Gasteiger partial charge in [0, 0.05) is 13.1 Å². The number of fused-ring (bicyclic) bond motifs is 1. The summed E-state index contributed by atoms with van der Waals surface area (Å²) in [6, 6.07) is 7.80. The Morgan fingerprint density at radius 2 is 2.00 bits per heavy atom. The number of hydrogen-bond donors (Lipinski definition) is 3. The van der Waals surface area contributed by atoms with Crippen molar-refractivity contribution in [3.8, 4) is 5.75 Å². The third-order valence-electron chi connectivity index (χ3n) is 4.72. The zero-order chi connectivity index (χ0) is 26.1. The quantitative estimate of drug-likeness (QED) is 0.125. The topological polar surface area (TPSA) is 156 Å². The Kier molecular flexibility index (Phi) is 9.40. The highest BCUT2D eigenvalue weighted by atomic mass is 31.2. The highest BCUT2D eigenvalue weighted by Crippen LogP contribution is 2.43.